The number of hydrogen-bond acceptors (Lipinski definition) is 8. The van der Waals surface area contributed by atoms with Crippen molar-refractivity contribution in [1.82, 2.24) is 20.2 Å². The highest BCUT2D eigenvalue weighted by Crippen LogP contribution is 2.36. The van der Waals surface area contributed by atoms with E-state index in [0.717, 1.165) is 38.2 Å². The molecule has 21 heteroatoms. The summed E-state index contributed by atoms with van der Waals surface area (Å²) in [5.41, 5.74) is 1.72. The predicted octanol–water partition coefficient (Wildman–Crippen LogP) is 3.79. The van der Waals surface area contributed by atoms with Crippen LogP contribution in [0, 0.1) is 5.92 Å². The first-order valence-corrected chi connectivity index (χ1v) is 12.9. The van der Waals surface area contributed by atoms with E-state index in [-0.39, 0.29) is 11.5 Å². The minimum absolute atomic E-state index is 0.0125. The van der Waals surface area contributed by atoms with Crippen molar-refractivity contribution in [2.45, 2.75) is 43.5 Å². The summed E-state index contributed by atoms with van der Waals surface area (Å²) in [6.07, 6.45) is -8.01. The second kappa shape index (κ2) is 17.4. The topological polar surface area (TPSA) is 179 Å². The standard InChI is InChI=1S/C20H24N4O2.3C2HF3O2/c25-19(17-4-3-8-21-11-17)23-10-16-6-7-20(26-13-16)14-24(15-20)12-18-5-1-2-9-22-18;3*3-2(4,5)1(6)7/h1-5,8-9,11,16H,6-7,10,12-15H2,(H,23,25);3*(H,6,7). The molecular weight excluding hydrogens is 667 g/mol. The maximum Gasteiger partial charge on any atom is 0.490 e. The molecule has 1 amide bonds. The predicted molar refractivity (Wildman–Crippen MR) is 139 cm³/mol. The van der Waals surface area contributed by atoms with Gasteiger partial charge in [-0.2, -0.15) is 39.5 Å². The molecule has 2 aromatic rings. The highest BCUT2D eigenvalue weighted by atomic mass is 19.4. The number of amides is 1. The fourth-order valence-corrected chi connectivity index (χ4v) is 3.77. The Kier molecular flexibility index (Phi) is 15.0. The number of nitrogens with zero attached hydrogens (tertiary/aromatic N) is 3. The van der Waals surface area contributed by atoms with Crippen LogP contribution in [0.3, 0.4) is 0 Å². The summed E-state index contributed by atoms with van der Waals surface area (Å²) in [6.45, 7) is 4.19. The summed E-state index contributed by atoms with van der Waals surface area (Å²) in [6, 6.07) is 9.58. The third-order valence-corrected chi connectivity index (χ3v) is 5.97. The summed E-state index contributed by atoms with van der Waals surface area (Å²) in [5.74, 6) is -7.96. The molecule has 4 heterocycles. The quantitative estimate of drug-likeness (QED) is 0.335. The van der Waals surface area contributed by atoms with Gasteiger partial charge in [0.05, 0.1) is 23.5 Å². The maximum absolute atomic E-state index is 12.1. The van der Waals surface area contributed by atoms with Gasteiger partial charge < -0.3 is 25.4 Å². The molecule has 1 atom stereocenters. The van der Waals surface area contributed by atoms with Gasteiger partial charge in [0.1, 0.15) is 0 Å². The van der Waals surface area contributed by atoms with Crippen LogP contribution in [0.1, 0.15) is 28.9 Å². The minimum Gasteiger partial charge on any atom is -0.475 e. The lowest BCUT2D eigenvalue weighted by Crippen LogP contribution is -2.64. The van der Waals surface area contributed by atoms with Crippen LogP contribution >= 0.6 is 0 Å². The molecule has 0 aromatic carbocycles. The van der Waals surface area contributed by atoms with Crippen molar-refractivity contribution in [1.29, 1.82) is 0 Å². The molecule has 2 aliphatic rings. The number of aromatic nitrogens is 2. The van der Waals surface area contributed by atoms with Gasteiger partial charge in [-0.25, -0.2) is 14.4 Å². The Morgan fingerprint density at radius 3 is 1.77 bits per heavy atom. The number of nitrogens with one attached hydrogen (secondary N) is 1. The van der Waals surface area contributed by atoms with Crippen LogP contribution in [0.5, 0.6) is 0 Å². The Balaban J connectivity index is 0.000000430. The second-order valence-corrected chi connectivity index (χ2v) is 9.73. The van der Waals surface area contributed by atoms with E-state index in [0.29, 0.717) is 24.6 Å². The molecule has 12 nitrogen and oxygen atoms in total. The van der Waals surface area contributed by atoms with E-state index in [9.17, 15) is 44.3 Å². The van der Waals surface area contributed by atoms with E-state index in [2.05, 4.69) is 26.3 Å². The van der Waals surface area contributed by atoms with Crippen molar-refractivity contribution >= 4 is 23.8 Å². The Bertz CT molecular complexity index is 1240. The number of pyridine rings is 2. The van der Waals surface area contributed by atoms with Gasteiger partial charge in [0.15, 0.2) is 0 Å². The van der Waals surface area contributed by atoms with Gasteiger partial charge in [0.25, 0.3) is 5.91 Å². The van der Waals surface area contributed by atoms with E-state index in [4.69, 9.17) is 34.4 Å². The number of ether oxygens (including phenoxy) is 1. The third-order valence-electron chi connectivity index (χ3n) is 5.97. The van der Waals surface area contributed by atoms with Crippen molar-refractivity contribution in [3.8, 4) is 0 Å². The zero-order chi connectivity index (χ0) is 36.1. The van der Waals surface area contributed by atoms with Crippen LogP contribution in [0.2, 0.25) is 0 Å². The monoisotopic (exact) mass is 694 g/mol. The molecule has 2 aliphatic heterocycles. The molecule has 1 unspecified atom stereocenters. The molecule has 0 aliphatic carbocycles. The van der Waals surface area contributed by atoms with Gasteiger partial charge >= 0.3 is 36.4 Å². The minimum atomic E-state index is -5.08. The highest BCUT2D eigenvalue weighted by molar-refractivity contribution is 5.93. The lowest BCUT2D eigenvalue weighted by Gasteiger charge is -2.52. The summed E-state index contributed by atoms with van der Waals surface area (Å²) in [7, 11) is 0. The fourth-order valence-electron chi connectivity index (χ4n) is 3.77. The molecule has 4 N–H and O–H groups in total. The van der Waals surface area contributed by atoms with E-state index in [1.54, 1.807) is 24.5 Å². The van der Waals surface area contributed by atoms with Gasteiger partial charge in [0.2, 0.25) is 0 Å². The van der Waals surface area contributed by atoms with Crippen molar-refractivity contribution in [3.05, 3.63) is 60.2 Å². The maximum atomic E-state index is 12.1. The number of carbonyl (C=O) groups is 4. The van der Waals surface area contributed by atoms with Gasteiger partial charge in [-0.3, -0.25) is 19.7 Å². The van der Waals surface area contributed by atoms with Crippen LogP contribution in [-0.2, 0) is 25.7 Å². The van der Waals surface area contributed by atoms with Crippen LogP contribution in [-0.4, -0.2) is 104 Å². The molecule has 262 valence electrons. The molecular formula is C26H27F9N4O8. The third kappa shape index (κ3) is 15.5. The van der Waals surface area contributed by atoms with Crippen LogP contribution < -0.4 is 5.32 Å². The van der Waals surface area contributed by atoms with E-state index in [1.165, 1.54) is 0 Å². The average Bonchev–Trinajstić information content (AvgIpc) is 2.96. The fraction of sp³-hybridized carbons (Fsp3) is 0.462. The highest BCUT2D eigenvalue weighted by Gasteiger charge is 2.46. The van der Waals surface area contributed by atoms with Crippen LogP contribution in [0.25, 0.3) is 0 Å². The number of alkyl halides is 9. The Labute approximate surface area is 259 Å². The number of aliphatic carboxylic acids is 3. The Morgan fingerprint density at radius 2 is 1.38 bits per heavy atom. The molecule has 0 saturated carbocycles. The Morgan fingerprint density at radius 1 is 0.851 bits per heavy atom. The molecule has 0 radical (unpaired) electrons. The van der Waals surface area contributed by atoms with E-state index in [1.807, 2.05) is 18.3 Å². The molecule has 2 fully saturated rings. The van der Waals surface area contributed by atoms with E-state index < -0.39 is 36.4 Å². The van der Waals surface area contributed by atoms with Crippen molar-refractivity contribution < 1.29 is 78.7 Å². The lowest BCUT2D eigenvalue weighted by molar-refractivity contribution is -0.193. The number of likely N-dealkylation sites (tertiary alicyclic amines) is 1. The van der Waals surface area contributed by atoms with E-state index >= 15 is 0 Å². The number of hydrogen-bond donors (Lipinski definition) is 4. The molecule has 2 saturated heterocycles. The summed E-state index contributed by atoms with van der Waals surface area (Å²) >= 11 is 0. The molecule has 0 bridgehead atoms. The zero-order valence-corrected chi connectivity index (χ0v) is 23.8. The second-order valence-electron chi connectivity index (χ2n) is 9.73. The van der Waals surface area contributed by atoms with Gasteiger partial charge in [-0.05, 0) is 43.0 Å². The molecule has 2 aromatic heterocycles. The number of carboxylic acids is 3. The Hall–Kier alpha value is -4.53. The summed E-state index contributed by atoms with van der Waals surface area (Å²) < 4.78 is 101. The number of carboxylic acid groups (broad SMARTS) is 3. The normalized spacial score (nSPS) is 17.2. The number of rotatable bonds is 5. The number of halogens is 9. The summed E-state index contributed by atoms with van der Waals surface area (Å²) in [4.78, 5) is 49.5. The van der Waals surface area contributed by atoms with Crippen LogP contribution in [0.4, 0.5) is 39.5 Å². The SMILES string of the molecule is O=C(NCC1CCC2(CN(Cc3ccccn3)C2)OC1)c1cccnc1.O=C(O)C(F)(F)F.O=C(O)C(F)(F)F.O=C(O)C(F)(F)F. The smallest absolute Gasteiger partial charge is 0.475 e. The lowest BCUT2D eigenvalue weighted by atomic mass is 9.83. The van der Waals surface area contributed by atoms with Gasteiger partial charge in [0, 0.05) is 44.8 Å². The molecule has 1 spiro atoms. The first-order chi connectivity index (χ1) is 21.6. The molecule has 4 rings (SSSR count). The van der Waals surface area contributed by atoms with Crippen molar-refractivity contribution in [2.24, 2.45) is 5.92 Å². The molecule has 47 heavy (non-hydrogen) atoms. The van der Waals surface area contributed by atoms with Crippen LogP contribution in [0.15, 0.2) is 48.9 Å². The van der Waals surface area contributed by atoms with Gasteiger partial charge in [-0.1, -0.05) is 6.07 Å². The first-order valence-electron chi connectivity index (χ1n) is 12.9. The summed E-state index contributed by atoms with van der Waals surface area (Å²) in [5, 5.41) is 24.4. The average molecular weight is 695 g/mol. The largest absolute Gasteiger partial charge is 0.490 e. The number of carbonyl (C=O) groups excluding carboxylic acids is 1. The van der Waals surface area contributed by atoms with Gasteiger partial charge in [-0.15, -0.1) is 0 Å². The van der Waals surface area contributed by atoms with Crippen molar-refractivity contribution in [3.63, 3.8) is 0 Å². The van der Waals surface area contributed by atoms with Crippen molar-refractivity contribution in [2.75, 3.05) is 26.2 Å². The first kappa shape index (κ1) is 40.5. The zero-order valence-electron chi connectivity index (χ0n) is 23.8.